The summed E-state index contributed by atoms with van der Waals surface area (Å²) in [6, 6.07) is 3.90. The first-order chi connectivity index (χ1) is 15.7. The van der Waals surface area contributed by atoms with Gasteiger partial charge in [0.05, 0.1) is 23.7 Å². The van der Waals surface area contributed by atoms with Crippen LogP contribution in [0.1, 0.15) is 24.8 Å². The number of hydrogen-bond acceptors (Lipinski definition) is 8. The van der Waals surface area contributed by atoms with E-state index in [0.717, 1.165) is 54.0 Å². The summed E-state index contributed by atoms with van der Waals surface area (Å²) in [5.41, 5.74) is 3.32. The van der Waals surface area contributed by atoms with Gasteiger partial charge in [-0.2, -0.15) is 0 Å². The molecular weight excluding hydrogens is 408 g/mol. The Labute approximate surface area is 186 Å². The number of anilines is 1. The van der Waals surface area contributed by atoms with Crippen LogP contribution in [0.4, 0.5) is 5.82 Å². The lowest BCUT2D eigenvalue weighted by Gasteiger charge is -2.40. The van der Waals surface area contributed by atoms with Gasteiger partial charge >= 0.3 is 0 Å². The van der Waals surface area contributed by atoms with Crippen molar-refractivity contribution in [2.24, 2.45) is 5.41 Å². The molecule has 0 aliphatic carbocycles. The predicted octanol–water partition coefficient (Wildman–Crippen LogP) is 2.51. The van der Waals surface area contributed by atoms with Gasteiger partial charge in [0.25, 0.3) is 6.47 Å². The van der Waals surface area contributed by atoms with E-state index in [-0.39, 0.29) is 6.47 Å². The van der Waals surface area contributed by atoms with Crippen LogP contribution in [0.3, 0.4) is 0 Å². The summed E-state index contributed by atoms with van der Waals surface area (Å²) in [5, 5.41) is 11.5. The summed E-state index contributed by atoms with van der Waals surface area (Å²) in [4.78, 5) is 29.2. The number of carbonyl (C=O) groups is 1. The molecule has 2 aliphatic rings. The van der Waals surface area contributed by atoms with Gasteiger partial charge < -0.3 is 20.1 Å². The first-order valence-corrected chi connectivity index (χ1v) is 10.8. The average Bonchev–Trinajstić information content (AvgIpc) is 3.28. The SMILES string of the molecule is COCc1cncc2nc(-c3ccncc3)nc(N3CCC4(CCNC4)CC3)c12.O=CO. The van der Waals surface area contributed by atoms with Crippen molar-refractivity contribution >= 4 is 23.2 Å². The smallest absolute Gasteiger partial charge is 0.290 e. The number of piperidine rings is 1. The molecule has 32 heavy (non-hydrogen) atoms. The number of nitrogens with zero attached hydrogens (tertiary/aromatic N) is 5. The number of carboxylic acid groups (broad SMARTS) is 1. The molecule has 0 bridgehead atoms. The van der Waals surface area contributed by atoms with Crippen LogP contribution in [0.15, 0.2) is 36.9 Å². The Morgan fingerprint density at radius 2 is 1.91 bits per heavy atom. The molecule has 2 aliphatic heterocycles. The lowest BCUT2D eigenvalue weighted by Crippen LogP contribution is -2.41. The third-order valence-corrected chi connectivity index (χ3v) is 6.36. The number of rotatable bonds is 4. The topological polar surface area (TPSA) is 113 Å². The van der Waals surface area contributed by atoms with Crippen molar-refractivity contribution in [3.8, 4) is 11.4 Å². The first-order valence-electron chi connectivity index (χ1n) is 10.8. The van der Waals surface area contributed by atoms with Gasteiger partial charge in [-0.3, -0.25) is 14.8 Å². The number of hydrogen-bond donors (Lipinski definition) is 2. The minimum atomic E-state index is -0.250. The standard InChI is InChI=1S/C22H26N6O.CH2O2/c1-29-14-17-12-25-13-18-19(17)21(27-20(26-18)16-2-7-23-8-3-16)28-10-5-22(6-11-28)4-9-24-15-22;2-1-3/h2-3,7-8,12-13,24H,4-6,9-11,14-15H2,1H3;1H,(H,2,3). The molecule has 5 rings (SSSR count). The Morgan fingerprint density at radius 3 is 2.56 bits per heavy atom. The van der Waals surface area contributed by atoms with Gasteiger partial charge in [-0.15, -0.1) is 0 Å². The molecule has 9 nitrogen and oxygen atoms in total. The zero-order valence-corrected chi connectivity index (χ0v) is 18.2. The largest absolute Gasteiger partial charge is 0.483 e. The maximum atomic E-state index is 8.36. The van der Waals surface area contributed by atoms with Gasteiger partial charge in [0.15, 0.2) is 5.82 Å². The Hall–Kier alpha value is -3.17. The van der Waals surface area contributed by atoms with Crippen molar-refractivity contribution in [1.82, 2.24) is 25.3 Å². The van der Waals surface area contributed by atoms with Crippen molar-refractivity contribution in [1.29, 1.82) is 0 Å². The summed E-state index contributed by atoms with van der Waals surface area (Å²) < 4.78 is 5.44. The second kappa shape index (κ2) is 9.97. The van der Waals surface area contributed by atoms with E-state index in [1.807, 2.05) is 24.5 Å². The number of methoxy groups -OCH3 is 1. The molecule has 0 saturated carbocycles. The fourth-order valence-electron chi connectivity index (χ4n) is 4.67. The average molecular weight is 437 g/mol. The van der Waals surface area contributed by atoms with Crippen molar-refractivity contribution in [2.75, 3.05) is 38.2 Å². The van der Waals surface area contributed by atoms with Crippen molar-refractivity contribution in [3.63, 3.8) is 0 Å². The molecule has 1 spiro atoms. The zero-order chi connectivity index (χ0) is 22.4. The third-order valence-electron chi connectivity index (χ3n) is 6.36. The molecule has 2 N–H and O–H groups in total. The predicted molar refractivity (Wildman–Crippen MR) is 121 cm³/mol. The Morgan fingerprint density at radius 1 is 1.16 bits per heavy atom. The van der Waals surface area contributed by atoms with Gasteiger partial charge in [0, 0.05) is 56.5 Å². The fourth-order valence-corrected chi connectivity index (χ4v) is 4.67. The Bertz CT molecular complexity index is 1050. The minimum Gasteiger partial charge on any atom is -0.483 e. The summed E-state index contributed by atoms with van der Waals surface area (Å²) in [6.07, 6.45) is 10.9. The highest BCUT2D eigenvalue weighted by Crippen LogP contribution is 2.39. The van der Waals surface area contributed by atoms with Crippen molar-refractivity contribution in [2.45, 2.75) is 25.9 Å². The van der Waals surface area contributed by atoms with E-state index in [0.29, 0.717) is 17.8 Å². The Kier molecular flexibility index (Phi) is 6.87. The number of pyridine rings is 2. The van der Waals surface area contributed by atoms with E-state index in [1.165, 1.54) is 19.3 Å². The summed E-state index contributed by atoms with van der Waals surface area (Å²) in [7, 11) is 1.71. The van der Waals surface area contributed by atoms with Gasteiger partial charge in [0.1, 0.15) is 5.82 Å². The van der Waals surface area contributed by atoms with Crippen LogP contribution in [-0.2, 0) is 16.1 Å². The molecule has 0 aromatic carbocycles. The van der Waals surface area contributed by atoms with E-state index >= 15 is 0 Å². The van der Waals surface area contributed by atoms with Crippen LogP contribution in [0.25, 0.3) is 22.3 Å². The van der Waals surface area contributed by atoms with Gasteiger partial charge in [0.2, 0.25) is 0 Å². The molecule has 2 saturated heterocycles. The van der Waals surface area contributed by atoms with E-state index < -0.39 is 0 Å². The summed E-state index contributed by atoms with van der Waals surface area (Å²) in [5.74, 6) is 1.71. The molecule has 0 radical (unpaired) electrons. The molecule has 9 heteroatoms. The maximum absolute atomic E-state index is 8.36. The quantitative estimate of drug-likeness (QED) is 0.596. The lowest BCUT2D eigenvalue weighted by molar-refractivity contribution is -0.122. The summed E-state index contributed by atoms with van der Waals surface area (Å²) >= 11 is 0. The number of ether oxygens (including phenoxy) is 1. The highest BCUT2D eigenvalue weighted by Gasteiger charge is 2.37. The van der Waals surface area contributed by atoms with E-state index in [9.17, 15) is 0 Å². The van der Waals surface area contributed by atoms with Gasteiger partial charge in [-0.1, -0.05) is 0 Å². The monoisotopic (exact) mass is 436 g/mol. The number of aromatic nitrogens is 4. The van der Waals surface area contributed by atoms with Gasteiger partial charge in [-0.25, -0.2) is 9.97 Å². The van der Waals surface area contributed by atoms with Crippen LogP contribution in [-0.4, -0.2) is 64.8 Å². The maximum Gasteiger partial charge on any atom is 0.290 e. The van der Waals surface area contributed by atoms with E-state index in [2.05, 4.69) is 20.2 Å². The normalized spacial score (nSPS) is 17.2. The second-order valence-corrected chi connectivity index (χ2v) is 8.25. The molecule has 3 aromatic rings. The van der Waals surface area contributed by atoms with E-state index in [1.54, 1.807) is 19.5 Å². The molecule has 5 heterocycles. The molecule has 2 fully saturated rings. The molecular formula is C23H28N6O3. The van der Waals surface area contributed by atoms with Crippen LogP contribution in [0, 0.1) is 5.41 Å². The van der Waals surface area contributed by atoms with E-state index in [4.69, 9.17) is 24.6 Å². The third kappa shape index (κ3) is 4.53. The highest BCUT2D eigenvalue weighted by atomic mass is 16.5. The number of nitrogens with one attached hydrogen (secondary N) is 1. The Balaban J connectivity index is 0.000000775. The minimum absolute atomic E-state index is 0.250. The molecule has 0 unspecified atom stereocenters. The fraction of sp³-hybridized carbons (Fsp3) is 0.435. The van der Waals surface area contributed by atoms with Crippen LogP contribution in [0.2, 0.25) is 0 Å². The van der Waals surface area contributed by atoms with Crippen LogP contribution >= 0.6 is 0 Å². The first kappa shape index (κ1) is 22.0. The van der Waals surface area contributed by atoms with Crippen molar-refractivity contribution < 1.29 is 14.6 Å². The number of fused-ring (bicyclic) bond motifs is 1. The summed E-state index contributed by atoms with van der Waals surface area (Å²) in [6.45, 7) is 4.56. The molecule has 0 atom stereocenters. The van der Waals surface area contributed by atoms with Crippen molar-refractivity contribution in [3.05, 3.63) is 42.5 Å². The molecule has 0 amide bonds. The second-order valence-electron chi connectivity index (χ2n) is 8.25. The van der Waals surface area contributed by atoms with Gasteiger partial charge in [-0.05, 0) is 43.4 Å². The zero-order valence-electron chi connectivity index (χ0n) is 18.2. The molecule has 168 valence electrons. The van der Waals surface area contributed by atoms with Crippen LogP contribution in [0.5, 0.6) is 0 Å². The van der Waals surface area contributed by atoms with Crippen LogP contribution < -0.4 is 10.2 Å². The highest BCUT2D eigenvalue weighted by molar-refractivity contribution is 5.93. The lowest BCUT2D eigenvalue weighted by atomic mass is 9.78. The molecule has 3 aromatic heterocycles.